The second-order valence-corrected chi connectivity index (χ2v) is 3.51. The smallest absolute Gasteiger partial charge is 0.152 e. The maximum Gasteiger partial charge on any atom is 0.152 e. The van der Waals surface area contributed by atoms with Crippen LogP contribution in [0.25, 0.3) is 6.08 Å². The van der Waals surface area contributed by atoms with Gasteiger partial charge in [-0.05, 0) is 31.1 Å². The molecule has 0 amide bonds. The predicted octanol–water partition coefficient (Wildman–Crippen LogP) is 4.01. The van der Waals surface area contributed by atoms with Crippen LogP contribution in [0.15, 0.2) is 30.3 Å². The lowest BCUT2D eigenvalue weighted by molar-refractivity contribution is -0.112. The van der Waals surface area contributed by atoms with Crippen LogP contribution in [0.5, 0.6) is 0 Å². The van der Waals surface area contributed by atoms with Crippen LogP contribution in [0.1, 0.15) is 38.3 Å². The summed E-state index contributed by atoms with van der Waals surface area (Å²) >= 11 is 0. The van der Waals surface area contributed by atoms with E-state index < -0.39 is 0 Å². The lowest BCUT2D eigenvalue weighted by Crippen LogP contribution is -1.82. The van der Waals surface area contributed by atoms with Gasteiger partial charge in [0.15, 0.2) is 5.78 Å². The van der Waals surface area contributed by atoms with Gasteiger partial charge < -0.3 is 0 Å². The fourth-order valence-corrected chi connectivity index (χ4v) is 0.981. The molecule has 0 spiro atoms. The number of carbonyl (C=O) groups excluding carboxylic acids is 1. The molecule has 0 saturated carbocycles. The van der Waals surface area contributed by atoms with Gasteiger partial charge in [-0.25, -0.2) is 0 Å². The summed E-state index contributed by atoms with van der Waals surface area (Å²) < 4.78 is 0. The highest BCUT2D eigenvalue weighted by Gasteiger charge is 1.90. The number of carbonyl (C=O) groups is 1. The van der Waals surface area contributed by atoms with Gasteiger partial charge in [-0.1, -0.05) is 50.6 Å². The second-order valence-electron chi connectivity index (χ2n) is 3.51. The maximum atomic E-state index is 10.6. The maximum absolute atomic E-state index is 10.6. The van der Waals surface area contributed by atoms with Crippen LogP contribution in [0.3, 0.4) is 0 Å². The first kappa shape index (κ1) is 13.6. The van der Waals surface area contributed by atoms with E-state index in [1.807, 2.05) is 37.3 Å². The Balaban J connectivity index is 0.000000583. The van der Waals surface area contributed by atoms with Crippen LogP contribution in [0, 0.1) is 6.92 Å². The Bertz CT molecular complexity index is 324. The molecule has 0 fully saturated rings. The van der Waals surface area contributed by atoms with E-state index in [1.54, 1.807) is 13.0 Å². The SMILES string of the molecule is CC(=O)/C=C/c1ccccc1C.CCC. The van der Waals surface area contributed by atoms with E-state index in [0.29, 0.717) is 0 Å². The molecule has 0 aliphatic rings. The van der Waals surface area contributed by atoms with E-state index in [9.17, 15) is 4.79 Å². The largest absolute Gasteiger partial charge is 0.295 e. The number of allylic oxidation sites excluding steroid dienone is 1. The van der Waals surface area contributed by atoms with Crippen molar-refractivity contribution in [2.24, 2.45) is 0 Å². The molecule has 0 atom stereocenters. The number of hydrogen-bond acceptors (Lipinski definition) is 1. The number of benzene rings is 1. The van der Waals surface area contributed by atoms with Crippen LogP contribution < -0.4 is 0 Å². The molecule has 15 heavy (non-hydrogen) atoms. The second kappa shape index (κ2) is 7.98. The molecule has 0 bridgehead atoms. The molecule has 0 aliphatic carbocycles. The molecule has 1 aromatic rings. The van der Waals surface area contributed by atoms with Gasteiger partial charge >= 0.3 is 0 Å². The summed E-state index contributed by atoms with van der Waals surface area (Å²) in [5.41, 5.74) is 2.29. The van der Waals surface area contributed by atoms with Gasteiger partial charge in [0, 0.05) is 0 Å². The fourth-order valence-electron chi connectivity index (χ4n) is 0.981. The molecular weight excluding hydrogens is 184 g/mol. The summed E-state index contributed by atoms with van der Waals surface area (Å²) in [6, 6.07) is 7.97. The predicted molar refractivity (Wildman–Crippen MR) is 66.9 cm³/mol. The highest BCUT2D eigenvalue weighted by molar-refractivity contribution is 5.91. The standard InChI is InChI=1S/C11H12O.C3H8/c1-9-5-3-4-6-11(9)8-7-10(2)12;1-3-2/h3-8H,1-2H3;3H2,1-2H3/b8-7+;. The van der Waals surface area contributed by atoms with Crippen molar-refractivity contribution in [3.05, 3.63) is 41.5 Å². The molecule has 0 heterocycles. The quantitative estimate of drug-likeness (QED) is 0.665. The first-order valence-corrected chi connectivity index (χ1v) is 5.36. The summed E-state index contributed by atoms with van der Waals surface area (Å²) in [6.07, 6.45) is 4.68. The van der Waals surface area contributed by atoms with Gasteiger partial charge in [0.05, 0.1) is 0 Å². The molecule has 82 valence electrons. The molecule has 0 radical (unpaired) electrons. The average molecular weight is 204 g/mol. The van der Waals surface area contributed by atoms with Crippen molar-refractivity contribution in [1.82, 2.24) is 0 Å². The minimum atomic E-state index is 0.0817. The Hall–Kier alpha value is -1.37. The van der Waals surface area contributed by atoms with Crippen LogP contribution in [0.2, 0.25) is 0 Å². The van der Waals surface area contributed by atoms with Gasteiger partial charge in [-0.15, -0.1) is 0 Å². The fraction of sp³-hybridized carbons (Fsp3) is 0.357. The van der Waals surface area contributed by atoms with Crippen LogP contribution >= 0.6 is 0 Å². The van der Waals surface area contributed by atoms with Crippen LogP contribution in [-0.4, -0.2) is 5.78 Å². The summed E-state index contributed by atoms with van der Waals surface area (Å²) in [4.78, 5) is 10.6. The summed E-state index contributed by atoms with van der Waals surface area (Å²) in [7, 11) is 0. The van der Waals surface area contributed by atoms with Gasteiger partial charge in [-0.2, -0.15) is 0 Å². The Labute approximate surface area is 92.8 Å². The molecule has 1 heteroatoms. The van der Waals surface area contributed by atoms with Crippen molar-refractivity contribution in [3.8, 4) is 0 Å². The topological polar surface area (TPSA) is 17.1 Å². The zero-order valence-electron chi connectivity index (χ0n) is 10.1. The summed E-state index contributed by atoms with van der Waals surface area (Å²) in [5, 5.41) is 0. The van der Waals surface area contributed by atoms with Gasteiger partial charge in [0.2, 0.25) is 0 Å². The molecule has 0 saturated heterocycles. The van der Waals surface area contributed by atoms with Crippen molar-refractivity contribution in [3.63, 3.8) is 0 Å². The van der Waals surface area contributed by atoms with E-state index in [1.165, 1.54) is 12.0 Å². The minimum Gasteiger partial charge on any atom is -0.295 e. The van der Waals surface area contributed by atoms with Crippen molar-refractivity contribution in [1.29, 1.82) is 0 Å². The van der Waals surface area contributed by atoms with E-state index in [-0.39, 0.29) is 5.78 Å². The minimum absolute atomic E-state index is 0.0817. The van der Waals surface area contributed by atoms with Crippen molar-refractivity contribution < 1.29 is 4.79 Å². The Morgan fingerprint density at radius 2 is 1.80 bits per heavy atom. The zero-order valence-corrected chi connectivity index (χ0v) is 10.1. The summed E-state index contributed by atoms with van der Waals surface area (Å²) in [6.45, 7) is 7.83. The first-order valence-electron chi connectivity index (χ1n) is 5.36. The normalized spacial score (nSPS) is 9.60. The Kier molecular flexibility index (Phi) is 7.25. The molecule has 0 unspecified atom stereocenters. The lowest BCUT2D eigenvalue weighted by Gasteiger charge is -1.96. The average Bonchev–Trinajstić information content (AvgIpc) is 2.17. The highest BCUT2D eigenvalue weighted by atomic mass is 16.1. The third kappa shape index (κ3) is 6.67. The van der Waals surface area contributed by atoms with Crippen molar-refractivity contribution >= 4 is 11.9 Å². The van der Waals surface area contributed by atoms with E-state index in [2.05, 4.69) is 13.8 Å². The monoisotopic (exact) mass is 204 g/mol. The van der Waals surface area contributed by atoms with Crippen molar-refractivity contribution in [2.45, 2.75) is 34.1 Å². The molecule has 1 rings (SSSR count). The molecule has 1 nitrogen and oxygen atoms in total. The summed E-state index contributed by atoms with van der Waals surface area (Å²) in [5.74, 6) is 0.0817. The van der Waals surface area contributed by atoms with E-state index >= 15 is 0 Å². The number of ketones is 1. The highest BCUT2D eigenvalue weighted by Crippen LogP contribution is 2.08. The third-order valence-corrected chi connectivity index (χ3v) is 1.69. The number of aryl methyl sites for hydroxylation is 1. The molecule has 0 N–H and O–H groups in total. The lowest BCUT2D eigenvalue weighted by atomic mass is 10.1. The third-order valence-electron chi connectivity index (χ3n) is 1.69. The number of rotatable bonds is 2. The van der Waals surface area contributed by atoms with Gasteiger partial charge in [0.1, 0.15) is 0 Å². The molecule has 0 aromatic heterocycles. The molecule has 0 aliphatic heterocycles. The molecular formula is C14H20O. The van der Waals surface area contributed by atoms with E-state index in [4.69, 9.17) is 0 Å². The molecule has 1 aromatic carbocycles. The van der Waals surface area contributed by atoms with Crippen molar-refractivity contribution in [2.75, 3.05) is 0 Å². The Morgan fingerprint density at radius 3 is 2.27 bits per heavy atom. The van der Waals surface area contributed by atoms with Gasteiger partial charge in [0.25, 0.3) is 0 Å². The number of hydrogen-bond donors (Lipinski definition) is 0. The van der Waals surface area contributed by atoms with E-state index in [0.717, 1.165) is 5.56 Å². The Morgan fingerprint density at radius 1 is 1.27 bits per heavy atom. The zero-order chi connectivity index (χ0) is 11.7. The van der Waals surface area contributed by atoms with Crippen LogP contribution in [-0.2, 0) is 4.79 Å². The van der Waals surface area contributed by atoms with Gasteiger partial charge in [-0.3, -0.25) is 4.79 Å². The van der Waals surface area contributed by atoms with Crippen LogP contribution in [0.4, 0.5) is 0 Å². The first-order chi connectivity index (χ1) is 7.11.